The van der Waals surface area contributed by atoms with Crippen molar-refractivity contribution in [3.8, 4) is 0 Å². The van der Waals surface area contributed by atoms with Crippen LogP contribution in [0.5, 0.6) is 0 Å². The first kappa shape index (κ1) is 12.3. The van der Waals surface area contributed by atoms with Gasteiger partial charge in [-0.15, -0.1) is 11.8 Å². The lowest BCUT2D eigenvalue weighted by Crippen LogP contribution is -2.40. The number of aryl methyl sites for hydroxylation is 1. The number of hydrogen-bond acceptors (Lipinski definition) is 3. The Morgan fingerprint density at radius 1 is 1.59 bits per heavy atom. The molecule has 92 valence electrons. The fraction of sp³-hybridized carbons (Fsp3) is 0.417. The molecule has 0 bridgehead atoms. The van der Waals surface area contributed by atoms with Gasteiger partial charge in [-0.25, -0.2) is 10.6 Å². The van der Waals surface area contributed by atoms with Crippen molar-refractivity contribution in [1.82, 2.24) is 10.3 Å². The Labute approximate surface area is 106 Å². The lowest BCUT2D eigenvalue weighted by atomic mass is 10.1. The molecule has 0 saturated carbocycles. The van der Waals surface area contributed by atoms with Crippen molar-refractivity contribution in [1.29, 1.82) is 0 Å². The van der Waals surface area contributed by atoms with Gasteiger partial charge in [-0.1, -0.05) is 12.1 Å². The van der Waals surface area contributed by atoms with Crippen molar-refractivity contribution in [2.45, 2.75) is 24.3 Å². The number of rotatable bonds is 2. The van der Waals surface area contributed by atoms with Crippen LogP contribution in [-0.4, -0.2) is 23.7 Å². The second-order valence-electron chi connectivity index (χ2n) is 4.20. The van der Waals surface area contributed by atoms with Crippen LogP contribution in [-0.2, 0) is 13.0 Å². The molecule has 17 heavy (non-hydrogen) atoms. The summed E-state index contributed by atoms with van der Waals surface area (Å²) < 4.78 is 0. The first-order valence-electron chi connectivity index (χ1n) is 5.67. The van der Waals surface area contributed by atoms with E-state index in [9.17, 15) is 4.79 Å². The number of urea groups is 1. The van der Waals surface area contributed by atoms with Crippen molar-refractivity contribution in [2.24, 2.45) is 5.84 Å². The number of benzene rings is 1. The van der Waals surface area contributed by atoms with Crippen LogP contribution in [0.3, 0.4) is 0 Å². The van der Waals surface area contributed by atoms with Gasteiger partial charge < -0.3 is 4.90 Å². The van der Waals surface area contributed by atoms with E-state index in [-0.39, 0.29) is 6.03 Å². The highest BCUT2D eigenvalue weighted by Crippen LogP contribution is 2.30. The topological polar surface area (TPSA) is 58.4 Å². The number of nitrogens with one attached hydrogen (secondary N) is 1. The Hall–Kier alpha value is -1.20. The fourth-order valence-corrected chi connectivity index (χ4v) is 2.99. The first-order chi connectivity index (χ1) is 8.20. The number of nitrogens with two attached hydrogens (primary N) is 1. The van der Waals surface area contributed by atoms with Gasteiger partial charge in [-0.3, -0.25) is 5.43 Å². The Kier molecular flexibility index (Phi) is 3.91. The van der Waals surface area contributed by atoms with E-state index < -0.39 is 0 Å². The predicted octanol–water partition coefficient (Wildman–Crippen LogP) is 1.74. The van der Waals surface area contributed by atoms with Gasteiger partial charge in [-0.05, 0) is 35.8 Å². The lowest BCUT2D eigenvalue weighted by Gasteiger charge is -2.19. The third-order valence-electron chi connectivity index (χ3n) is 2.86. The SMILES string of the molecule is CN(Cc1ccc2c(c1)CCCS2)C(=O)NN. The van der Waals surface area contributed by atoms with Gasteiger partial charge in [-0.2, -0.15) is 0 Å². The largest absolute Gasteiger partial charge is 0.331 e. The van der Waals surface area contributed by atoms with Gasteiger partial charge >= 0.3 is 6.03 Å². The van der Waals surface area contributed by atoms with E-state index in [4.69, 9.17) is 5.84 Å². The molecule has 1 aromatic carbocycles. The monoisotopic (exact) mass is 251 g/mol. The third-order valence-corrected chi connectivity index (χ3v) is 4.06. The van der Waals surface area contributed by atoms with Gasteiger partial charge in [0.1, 0.15) is 0 Å². The molecular formula is C12H17N3OS. The van der Waals surface area contributed by atoms with Crippen molar-refractivity contribution < 1.29 is 4.79 Å². The lowest BCUT2D eigenvalue weighted by molar-refractivity contribution is 0.207. The molecule has 0 fully saturated rings. The number of carbonyl (C=O) groups is 1. The molecule has 4 nitrogen and oxygen atoms in total. The van der Waals surface area contributed by atoms with Crippen LogP contribution in [0.4, 0.5) is 4.79 Å². The van der Waals surface area contributed by atoms with E-state index in [1.807, 2.05) is 11.8 Å². The molecule has 0 spiro atoms. The summed E-state index contributed by atoms with van der Waals surface area (Å²) in [5, 5.41) is 0. The molecule has 1 aliphatic heterocycles. The smallest absolute Gasteiger partial charge is 0.322 e. The van der Waals surface area contributed by atoms with Crippen molar-refractivity contribution in [3.63, 3.8) is 0 Å². The molecule has 1 aromatic rings. The summed E-state index contributed by atoms with van der Waals surface area (Å²) in [5.41, 5.74) is 4.68. The van der Waals surface area contributed by atoms with E-state index in [1.165, 1.54) is 22.6 Å². The molecule has 5 heteroatoms. The number of nitrogens with zero attached hydrogens (tertiary/aromatic N) is 1. The summed E-state index contributed by atoms with van der Waals surface area (Å²) in [4.78, 5) is 14.2. The minimum atomic E-state index is -0.267. The maximum atomic E-state index is 11.3. The molecule has 0 radical (unpaired) electrons. The Morgan fingerprint density at radius 3 is 3.18 bits per heavy atom. The maximum Gasteiger partial charge on any atom is 0.331 e. The highest BCUT2D eigenvalue weighted by Gasteiger charge is 2.12. The fourth-order valence-electron chi connectivity index (χ4n) is 1.97. The molecule has 0 aliphatic carbocycles. The van der Waals surface area contributed by atoms with Crippen LogP contribution in [0.1, 0.15) is 17.5 Å². The molecule has 0 unspecified atom stereocenters. The summed E-state index contributed by atoms with van der Waals surface area (Å²) in [5.74, 6) is 6.30. The second kappa shape index (κ2) is 5.42. The van der Waals surface area contributed by atoms with E-state index in [0.717, 1.165) is 12.0 Å². The van der Waals surface area contributed by atoms with Crippen molar-refractivity contribution >= 4 is 17.8 Å². The van der Waals surface area contributed by atoms with E-state index in [1.54, 1.807) is 11.9 Å². The number of amides is 2. The van der Waals surface area contributed by atoms with Gasteiger partial charge in [0.15, 0.2) is 0 Å². The standard InChI is InChI=1S/C12H17N3OS/c1-15(12(16)14-13)8-9-4-5-11-10(7-9)3-2-6-17-11/h4-5,7H,2-3,6,8,13H2,1H3,(H,14,16). The van der Waals surface area contributed by atoms with E-state index >= 15 is 0 Å². The Balaban J connectivity index is 2.09. The average Bonchev–Trinajstić information content (AvgIpc) is 2.37. The normalized spacial score (nSPS) is 14.0. The average molecular weight is 251 g/mol. The minimum Gasteiger partial charge on any atom is -0.322 e. The van der Waals surface area contributed by atoms with Crippen LogP contribution in [0.15, 0.2) is 23.1 Å². The van der Waals surface area contributed by atoms with Crippen LogP contribution >= 0.6 is 11.8 Å². The van der Waals surface area contributed by atoms with E-state index in [2.05, 4.69) is 23.6 Å². The highest BCUT2D eigenvalue weighted by molar-refractivity contribution is 7.99. The zero-order chi connectivity index (χ0) is 12.3. The summed E-state index contributed by atoms with van der Waals surface area (Å²) >= 11 is 1.91. The highest BCUT2D eigenvalue weighted by atomic mass is 32.2. The third kappa shape index (κ3) is 2.92. The van der Waals surface area contributed by atoms with Crippen LogP contribution in [0.2, 0.25) is 0 Å². The Bertz CT molecular complexity index is 422. The molecule has 2 amide bonds. The number of hydrogen-bond donors (Lipinski definition) is 2. The molecule has 0 aromatic heterocycles. The summed E-state index contributed by atoms with van der Waals surface area (Å²) in [6.45, 7) is 0.584. The van der Waals surface area contributed by atoms with Gasteiger partial charge in [0.05, 0.1) is 0 Å². The van der Waals surface area contributed by atoms with Crippen LogP contribution in [0.25, 0.3) is 0 Å². The zero-order valence-electron chi connectivity index (χ0n) is 9.90. The number of fused-ring (bicyclic) bond motifs is 1. The molecule has 3 N–H and O–H groups in total. The van der Waals surface area contributed by atoms with Crippen LogP contribution in [0, 0.1) is 0 Å². The van der Waals surface area contributed by atoms with Crippen molar-refractivity contribution in [3.05, 3.63) is 29.3 Å². The molecule has 1 aliphatic rings. The van der Waals surface area contributed by atoms with Gasteiger partial charge in [0.2, 0.25) is 0 Å². The Morgan fingerprint density at radius 2 is 2.41 bits per heavy atom. The summed E-state index contributed by atoms with van der Waals surface area (Å²) in [7, 11) is 1.73. The zero-order valence-corrected chi connectivity index (χ0v) is 10.7. The van der Waals surface area contributed by atoms with E-state index in [0.29, 0.717) is 6.54 Å². The molecular weight excluding hydrogens is 234 g/mol. The minimum absolute atomic E-state index is 0.267. The van der Waals surface area contributed by atoms with Crippen LogP contribution < -0.4 is 11.3 Å². The number of thioether (sulfide) groups is 1. The van der Waals surface area contributed by atoms with Crippen molar-refractivity contribution in [2.75, 3.05) is 12.8 Å². The molecule has 0 saturated heterocycles. The van der Waals surface area contributed by atoms with Gasteiger partial charge in [0, 0.05) is 18.5 Å². The first-order valence-corrected chi connectivity index (χ1v) is 6.65. The second-order valence-corrected chi connectivity index (χ2v) is 5.34. The number of carbonyl (C=O) groups excluding carboxylic acids is 1. The quantitative estimate of drug-likeness (QED) is 0.478. The molecule has 1 heterocycles. The molecule has 2 rings (SSSR count). The maximum absolute atomic E-state index is 11.3. The summed E-state index contributed by atoms with van der Waals surface area (Å²) in [6, 6.07) is 6.17. The summed E-state index contributed by atoms with van der Waals surface area (Å²) in [6.07, 6.45) is 2.38. The van der Waals surface area contributed by atoms with Gasteiger partial charge in [0.25, 0.3) is 0 Å². The number of hydrazine groups is 1. The predicted molar refractivity (Wildman–Crippen MR) is 69.7 cm³/mol. The molecule has 0 atom stereocenters.